The Morgan fingerprint density at radius 3 is 2.56 bits per heavy atom. The first kappa shape index (κ1) is 34.4. The van der Waals surface area contributed by atoms with Crippen LogP contribution in [0.15, 0.2) is 92.7 Å². The minimum absolute atomic E-state index is 0.0285. The standard InChI is InChI=1S/C32H33N7O7S2/c1-3-36(4-2)32(40)24-10-7-17-37(21-24)48(45,46)30-19-25(38(41)42)13-14-26(30)35-34-20-22-12-15-28(27(18-22)39(43)44)47-29-11-5-8-23-9-6-16-33-31(23)29/h5-6,8-9,11-16,18-20,24,35H,3-4,7,10,17,21H2,1-2H3/b34-20-/t24-/m0/s1. The number of hydrogen-bond donors (Lipinski definition) is 1. The number of nitrogens with zero attached hydrogens (tertiary/aromatic N) is 6. The van der Waals surface area contributed by atoms with Gasteiger partial charge in [0.15, 0.2) is 0 Å². The highest BCUT2D eigenvalue weighted by Crippen LogP contribution is 2.38. The van der Waals surface area contributed by atoms with Crippen molar-refractivity contribution >= 4 is 61.9 Å². The van der Waals surface area contributed by atoms with Crippen LogP contribution < -0.4 is 5.43 Å². The topological polar surface area (TPSA) is 181 Å². The van der Waals surface area contributed by atoms with Crippen molar-refractivity contribution in [1.29, 1.82) is 0 Å². The highest BCUT2D eigenvalue weighted by molar-refractivity contribution is 7.99. The number of sulfonamides is 1. The van der Waals surface area contributed by atoms with E-state index in [1.165, 1.54) is 34.4 Å². The molecule has 0 radical (unpaired) electrons. The Bertz CT molecular complexity index is 2000. The zero-order valence-electron chi connectivity index (χ0n) is 26.2. The molecule has 4 aromatic rings. The number of hydrazone groups is 1. The number of nitro groups is 2. The number of para-hydroxylation sites is 1. The Balaban J connectivity index is 1.39. The Kier molecular flexibility index (Phi) is 10.7. The van der Waals surface area contributed by atoms with Crippen LogP contribution in [0.25, 0.3) is 10.9 Å². The lowest BCUT2D eigenvalue weighted by molar-refractivity contribution is -0.387. The van der Waals surface area contributed by atoms with Crippen LogP contribution in [-0.4, -0.2) is 70.8 Å². The van der Waals surface area contributed by atoms with Crippen molar-refractivity contribution in [3.63, 3.8) is 0 Å². The van der Waals surface area contributed by atoms with E-state index in [1.54, 1.807) is 23.2 Å². The number of anilines is 1. The summed E-state index contributed by atoms with van der Waals surface area (Å²) >= 11 is 1.21. The Labute approximate surface area is 281 Å². The molecule has 48 heavy (non-hydrogen) atoms. The van der Waals surface area contributed by atoms with Gasteiger partial charge >= 0.3 is 0 Å². The lowest BCUT2D eigenvalue weighted by Crippen LogP contribution is -2.46. The van der Waals surface area contributed by atoms with Gasteiger partial charge in [-0.25, -0.2) is 8.42 Å². The van der Waals surface area contributed by atoms with Crippen molar-refractivity contribution in [2.75, 3.05) is 31.6 Å². The number of benzene rings is 3. The number of nitrogens with one attached hydrogen (secondary N) is 1. The molecule has 0 bridgehead atoms. The molecule has 5 rings (SSSR count). The number of carbonyl (C=O) groups is 1. The second kappa shape index (κ2) is 14.9. The Morgan fingerprint density at radius 1 is 1.06 bits per heavy atom. The van der Waals surface area contributed by atoms with Crippen molar-refractivity contribution in [1.82, 2.24) is 14.2 Å². The summed E-state index contributed by atoms with van der Waals surface area (Å²) in [7, 11) is -4.29. The molecule has 1 N–H and O–H groups in total. The summed E-state index contributed by atoms with van der Waals surface area (Å²) in [5.41, 5.74) is 3.11. The van der Waals surface area contributed by atoms with Gasteiger partial charge in [0.1, 0.15) is 4.90 Å². The SMILES string of the molecule is CCN(CC)C(=O)[C@H]1CCCN(S(=O)(=O)c2cc([N+](=O)[O-])ccc2N/N=C\c2ccc(Sc3cccc4cccnc34)c([N+](=O)[O-])c2)C1. The lowest BCUT2D eigenvalue weighted by atomic mass is 9.98. The van der Waals surface area contributed by atoms with E-state index < -0.39 is 31.5 Å². The molecular formula is C32H33N7O7S2. The van der Waals surface area contributed by atoms with Gasteiger partial charge in [-0.3, -0.25) is 35.4 Å². The molecule has 1 atom stereocenters. The molecule has 250 valence electrons. The molecule has 1 fully saturated rings. The third-order valence-electron chi connectivity index (χ3n) is 8.00. The number of fused-ring (bicyclic) bond motifs is 1. The van der Waals surface area contributed by atoms with Crippen molar-refractivity contribution in [2.24, 2.45) is 11.0 Å². The third-order valence-corrected chi connectivity index (χ3v) is 11.0. The third kappa shape index (κ3) is 7.45. The molecule has 1 aromatic heterocycles. The monoisotopic (exact) mass is 691 g/mol. The van der Waals surface area contributed by atoms with Crippen LogP contribution in [0.3, 0.4) is 0 Å². The molecule has 1 aliphatic rings. The highest BCUT2D eigenvalue weighted by Gasteiger charge is 2.36. The van der Waals surface area contributed by atoms with Gasteiger partial charge in [0.25, 0.3) is 11.4 Å². The molecule has 0 aliphatic carbocycles. The number of nitro benzene ring substituents is 2. The van der Waals surface area contributed by atoms with E-state index in [0.717, 1.165) is 27.9 Å². The fourth-order valence-electron chi connectivity index (χ4n) is 5.52. The van der Waals surface area contributed by atoms with Gasteiger partial charge in [-0.1, -0.05) is 36.0 Å². The van der Waals surface area contributed by atoms with Crippen LogP contribution in [-0.2, 0) is 14.8 Å². The second-order valence-electron chi connectivity index (χ2n) is 10.9. The summed E-state index contributed by atoms with van der Waals surface area (Å²) in [4.78, 5) is 42.3. The number of piperidine rings is 1. The highest BCUT2D eigenvalue weighted by atomic mass is 32.2. The Morgan fingerprint density at radius 2 is 1.83 bits per heavy atom. The van der Waals surface area contributed by atoms with E-state index in [-0.39, 0.29) is 35.3 Å². The maximum atomic E-state index is 13.9. The molecule has 14 nitrogen and oxygen atoms in total. The average Bonchev–Trinajstić information content (AvgIpc) is 3.09. The zero-order valence-corrected chi connectivity index (χ0v) is 27.8. The second-order valence-corrected chi connectivity index (χ2v) is 13.9. The van der Waals surface area contributed by atoms with Crippen LogP contribution in [0.1, 0.15) is 32.3 Å². The number of non-ortho nitro benzene ring substituents is 1. The predicted octanol–water partition coefficient (Wildman–Crippen LogP) is 5.92. The van der Waals surface area contributed by atoms with Crippen LogP contribution in [0, 0.1) is 26.1 Å². The van der Waals surface area contributed by atoms with Crippen LogP contribution >= 0.6 is 11.8 Å². The summed E-state index contributed by atoms with van der Waals surface area (Å²) < 4.78 is 29.0. The molecule has 1 amide bonds. The average molecular weight is 692 g/mol. The van der Waals surface area contributed by atoms with Crippen LogP contribution in [0.5, 0.6) is 0 Å². The number of amides is 1. The van der Waals surface area contributed by atoms with Crippen LogP contribution in [0.2, 0.25) is 0 Å². The Hall–Kier alpha value is -4.93. The van der Waals surface area contributed by atoms with Crippen LogP contribution in [0.4, 0.5) is 17.1 Å². The first-order valence-electron chi connectivity index (χ1n) is 15.2. The predicted molar refractivity (Wildman–Crippen MR) is 183 cm³/mol. The fourth-order valence-corrected chi connectivity index (χ4v) is 8.23. The molecule has 1 aliphatic heterocycles. The fraction of sp³-hybridized carbons (Fsp3) is 0.281. The van der Waals surface area contributed by atoms with Crippen molar-refractivity contribution in [3.05, 3.63) is 98.7 Å². The molecule has 16 heteroatoms. The lowest BCUT2D eigenvalue weighted by Gasteiger charge is -2.34. The maximum absolute atomic E-state index is 13.9. The van der Waals surface area contributed by atoms with E-state index >= 15 is 0 Å². The van der Waals surface area contributed by atoms with E-state index in [0.29, 0.717) is 36.4 Å². The van der Waals surface area contributed by atoms with Gasteiger partial charge in [-0.2, -0.15) is 9.41 Å². The molecule has 0 spiro atoms. The largest absolute Gasteiger partial charge is 0.343 e. The molecule has 1 saturated heterocycles. The van der Waals surface area contributed by atoms with Gasteiger partial charge in [-0.05, 0) is 51.0 Å². The van der Waals surface area contributed by atoms with E-state index in [9.17, 15) is 33.4 Å². The number of aromatic nitrogens is 1. The van der Waals surface area contributed by atoms with E-state index in [2.05, 4.69) is 15.5 Å². The van der Waals surface area contributed by atoms with Gasteiger partial charge in [0.05, 0.1) is 38.1 Å². The smallest absolute Gasteiger partial charge is 0.283 e. The number of rotatable bonds is 12. The molecule has 2 heterocycles. The van der Waals surface area contributed by atoms with E-state index in [4.69, 9.17) is 0 Å². The van der Waals surface area contributed by atoms with Gasteiger partial charge < -0.3 is 4.90 Å². The minimum Gasteiger partial charge on any atom is -0.343 e. The van der Waals surface area contributed by atoms with Crippen molar-refractivity contribution in [3.8, 4) is 0 Å². The summed E-state index contributed by atoms with van der Waals surface area (Å²) in [5.74, 6) is -0.662. The molecular weight excluding hydrogens is 659 g/mol. The summed E-state index contributed by atoms with van der Waals surface area (Å²) in [5, 5.41) is 28.6. The summed E-state index contributed by atoms with van der Waals surface area (Å²) in [6.07, 6.45) is 3.94. The maximum Gasteiger partial charge on any atom is 0.283 e. The normalized spacial score (nSPS) is 15.4. The van der Waals surface area contributed by atoms with Gasteiger partial charge in [0.2, 0.25) is 15.9 Å². The molecule has 0 unspecified atom stereocenters. The van der Waals surface area contributed by atoms with Crippen molar-refractivity contribution in [2.45, 2.75) is 41.4 Å². The van der Waals surface area contributed by atoms with Gasteiger partial charge in [0, 0.05) is 66.4 Å². The van der Waals surface area contributed by atoms with Crippen molar-refractivity contribution < 1.29 is 23.1 Å². The number of pyridine rings is 1. The summed E-state index contributed by atoms with van der Waals surface area (Å²) in [6.45, 7) is 4.82. The van der Waals surface area contributed by atoms with E-state index in [1.807, 2.05) is 44.2 Å². The number of hydrogen-bond acceptors (Lipinski definition) is 11. The number of carbonyl (C=O) groups excluding carboxylic acids is 1. The zero-order chi connectivity index (χ0) is 34.4. The summed E-state index contributed by atoms with van der Waals surface area (Å²) in [6, 6.07) is 17.3. The quantitative estimate of drug-likeness (QED) is 0.106. The van der Waals surface area contributed by atoms with Gasteiger partial charge in [-0.15, -0.1) is 0 Å². The minimum atomic E-state index is -4.29. The molecule has 0 saturated carbocycles. The molecule has 3 aromatic carbocycles. The first-order chi connectivity index (χ1) is 23.0. The first-order valence-corrected chi connectivity index (χ1v) is 17.5.